The maximum absolute atomic E-state index is 12.5. The average molecular weight is 399 g/mol. The van der Waals surface area contributed by atoms with Crippen molar-refractivity contribution in [3.05, 3.63) is 60.2 Å². The predicted molar refractivity (Wildman–Crippen MR) is 107 cm³/mol. The first kappa shape index (κ1) is 21.9. The quantitative estimate of drug-likeness (QED) is 0.651. The number of nitrogens with one attached hydrogen (secondary N) is 1. The molecule has 0 bridgehead atoms. The monoisotopic (exact) mass is 399 g/mol. The molecule has 0 unspecified atom stereocenters. The number of hydrogen-bond acceptors (Lipinski definition) is 6. The van der Waals surface area contributed by atoms with Crippen LogP contribution in [-0.2, 0) is 19.1 Å². The van der Waals surface area contributed by atoms with Crippen molar-refractivity contribution in [3.8, 4) is 11.5 Å². The van der Waals surface area contributed by atoms with E-state index in [0.717, 1.165) is 0 Å². The Balaban J connectivity index is 2.00. The number of amides is 1. The second kappa shape index (κ2) is 10.8. The number of para-hydroxylation sites is 2. The lowest BCUT2D eigenvalue weighted by Crippen LogP contribution is -2.47. The van der Waals surface area contributed by atoms with Crippen LogP contribution >= 0.6 is 0 Å². The lowest BCUT2D eigenvalue weighted by Gasteiger charge is -2.21. The van der Waals surface area contributed by atoms with Crippen LogP contribution in [-0.4, -0.2) is 37.6 Å². The van der Waals surface area contributed by atoms with Gasteiger partial charge in [0.05, 0.1) is 7.11 Å². The van der Waals surface area contributed by atoms with Gasteiger partial charge in [0.2, 0.25) is 0 Å². The molecule has 29 heavy (non-hydrogen) atoms. The standard InChI is InChI=1S/C22H25NO6/c1-4-15(2)20(22(26)27-3)23-19(24)14-28-21(25)17-12-8-9-13-18(17)29-16-10-6-5-7-11-16/h5-13,15,20H,4,14H2,1-3H3,(H,23,24)/t15-,20+/m0/s1. The van der Waals surface area contributed by atoms with Gasteiger partial charge in [-0.1, -0.05) is 50.6 Å². The Hall–Kier alpha value is -3.35. The molecule has 7 nitrogen and oxygen atoms in total. The molecule has 7 heteroatoms. The molecule has 2 atom stereocenters. The Bertz CT molecular complexity index is 836. The van der Waals surface area contributed by atoms with Gasteiger partial charge in [-0.15, -0.1) is 0 Å². The van der Waals surface area contributed by atoms with Gasteiger partial charge in [-0.25, -0.2) is 9.59 Å². The Kier molecular flexibility index (Phi) is 8.21. The maximum Gasteiger partial charge on any atom is 0.342 e. The smallest absolute Gasteiger partial charge is 0.342 e. The first-order chi connectivity index (χ1) is 14.0. The predicted octanol–water partition coefficient (Wildman–Crippen LogP) is 3.34. The summed E-state index contributed by atoms with van der Waals surface area (Å²) in [6, 6.07) is 14.8. The second-order valence-corrected chi connectivity index (χ2v) is 6.44. The highest BCUT2D eigenvalue weighted by atomic mass is 16.5. The van der Waals surface area contributed by atoms with Gasteiger partial charge in [-0.3, -0.25) is 4.79 Å². The van der Waals surface area contributed by atoms with Crippen LogP contribution in [0.5, 0.6) is 11.5 Å². The Morgan fingerprint density at radius 2 is 1.66 bits per heavy atom. The molecule has 0 aliphatic rings. The lowest BCUT2D eigenvalue weighted by molar-refractivity contribution is -0.147. The minimum atomic E-state index is -0.801. The molecule has 0 saturated carbocycles. The van der Waals surface area contributed by atoms with Crippen LogP contribution in [0, 0.1) is 5.92 Å². The zero-order valence-corrected chi connectivity index (χ0v) is 16.7. The van der Waals surface area contributed by atoms with Crippen LogP contribution in [0.1, 0.15) is 30.6 Å². The first-order valence-corrected chi connectivity index (χ1v) is 9.32. The van der Waals surface area contributed by atoms with Crippen LogP contribution in [0.25, 0.3) is 0 Å². The van der Waals surface area contributed by atoms with E-state index in [1.165, 1.54) is 7.11 Å². The van der Waals surface area contributed by atoms with E-state index in [0.29, 0.717) is 17.9 Å². The van der Waals surface area contributed by atoms with E-state index in [1.54, 1.807) is 36.4 Å². The summed E-state index contributed by atoms with van der Waals surface area (Å²) in [4.78, 5) is 36.5. The van der Waals surface area contributed by atoms with E-state index in [-0.39, 0.29) is 11.5 Å². The molecule has 0 aliphatic carbocycles. The zero-order chi connectivity index (χ0) is 21.2. The number of rotatable bonds is 9. The summed E-state index contributed by atoms with van der Waals surface area (Å²) in [7, 11) is 1.26. The fourth-order valence-electron chi connectivity index (χ4n) is 2.56. The largest absolute Gasteiger partial charge is 0.467 e. The van der Waals surface area contributed by atoms with E-state index < -0.39 is 30.5 Å². The Morgan fingerprint density at radius 1 is 1.00 bits per heavy atom. The third kappa shape index (κ3) is 6.34. The van der Waals surface area contributed by atoms with Gasteiger partial charge < -0.3 is 19.5 Å². The summed E-state index contributed by atoms with van der Waals surface area (Å²) >= 11 is 0. The van der Waals surface area contributed by atoms with Crippen LogP contribution < -0.4 is 10.1 Å². The van der Waals surface area contributed by atoms with Gasteiger partial charge in [-0.2, -0.15) is 0 Å². The van der Waals surface area contributed by atoms with Gasteiger partial charge in [-0.05, 0) is 30.2 Å². The van der Waals surface area contributed by atoms with Crippen molar-refractivity contribution in [2.45, 2.75) is 26.3 Å². The van der Waals surface area contributed by atoms with E-state index >= 15 is 0 Å². The highest BCUT2D eigenvalue weighted by molar-refractivity contribution is 5.94. The normalized spacial score (nSPS) is 12.4. The molecule has 0 radical (unpaired) electrons. The molecule has 0 heterocycles. The number of carbonyl (C=O) groups excluding carboxylic acids is 3. The molecule has 2 aromatic carbocycles. The molecular weight excluding hydrogens is 374 g/mol. The molecule has 2 aromatic rings. The molecule has 1 amide bonds. The molecule has 0 spiro atoms. The summed E-state index contributed by atoms with van der Waals surface area (Å²) < 4.78 is 15.6. The van der Waals surface area contributed by atoms with Crippen molar-refractivity contribution < 1.29 is 28.6 Å². The number of ether oxygens (including phenoxy) is 3. The lowest BCUT2D eigenvalue weighted by atomic mass is 9.99. The van der Waals surface area contributed by atoms with Gasteiger partial charge >= 0.3 is 11.9 Å². The molecule has 0 aromatic heterocycles. The average Bonchev–Trinajstić information content (AvgIpc) is 2.75. The molecular formula is C22H25NO6. The van der Waals surface area contributed by atoms with Crippen LogP contribution in [0.15, 0.2) is 54.6 Å². The molecule has 2 rings (SSSR count). The van der Waals surface area contributed by atoms with Crippen LogP contribution in [0.3, 0.4) is 0 Å². The summed E-state index contributed by atoms with van der Waals surface area (Å²) in [6.07, 6.45) is 0.671. The molecule has 0 saturated heterocycles. The summed E-state index contributed by atoms with van der Waals surface area (Å²) in [6.45, 7) is 3.20. The SMILES string of the molecule is CC[C@H](C)[C@@H](NC(=O)COC(=O)c1ccccc1Oc1ccccc1)C(=O)OC. The fraction of sp³-hybridized carbons (Fsp3) is 0.318. The number of methoxy groups -OCH3 is 1. The highest BCUT2D eigenvalue weighted by Gasteiger charge is 2.27. The van der Waals surface area contributed by atoms with E-state index in [4.69, 9.17) is 14.2 Å². The van der Waals surface area contributed by atoms with Gasteiger partial charge in [0.15, 0.2) is 6.61 Å². The zero-order valence-electron chi connectivity index (χ0n) is 16.7. The molecule has 154 valence electrons. The van der Waals surface area contributed by atoms with Gasteiger partial charge in [0.1, 0.15) is 23.1 Å². The van der Waals surface area contributed by atoms with Crippen molar-refractivity contribution in [2.75, 3.05) is 13.7 Å². The number of esters is 2. The van der Waals surface area contributed by atoms with E-state index in [9.17, 15) is 14.4 Å². The minimum absolute atomic E-state index is 0.123. The summed E-state index contributed by atoms with van der Waals surface area (Å²) in [5, 5.41) is 2.56. The highest BCUT2D eigenvalue weighted by Crippen LogP contribution is 2.25. The molecule has 0 fully saturated rings. The number of carbonyl (C=O) groups is 3. The Labute approximate surface area is 170 Å². The third-order valence-electron chi connectivity index (χ3n) is 4.40. The van der Waals surface area contributed by atoms with Crippen molar-refractivity contribution in [3.63, 3.8) is 0 Å². The second-order valence-electron chi connectivity index (χ2n) is 6.44. The van der Waals surface area contributed by atoms with E-state index in [1.807, 2.05) is 32.0 Å². The minimum Gasteiger partial charge on any atom is -0.467 e. The third-order valence-corrected chi connectivity index (χ3v) is 4.40. The molecule has 1 N–H and O–H groups in total. The van der Waals surface area contributed by atoms with E-state index in [2.05, 4.69) is 5.32 Å². The van der Waals surface area contributed by atoms with Crippen molar-refractivity contribution in [2.24, 2.45) is 5.92 Å². The first-order valence-electron chi connectivity index (χ1n) is 9.32. The number of hydrogen-bond donors (Lipinski definition) is 1. The summed E-state index contributed by atoms with van der Waals surface area (Å²) in [5.74, 6) is -1.07. The van der Waals surface area contributed by atoms with Crippen molar-refractivity contribution in [1.82, 2.24) is 5.32 Å². The fourth-order valence-corrected chi connectivity index (χ4v) is 2.56. The van der Waals surface area contributed by atoms with Crippen LogP contribution in [0.2, 0.25) is 0 Å². The van der Waals surface area contributed by atoms with Gasteiger partial charge in [0, 0.05) is 0 Å². The Morgan fingerprint density at radius 3 is 2.31 bits per heavy atom. The molecule has 0 aliphatic heterocycles. The summed E-state index contributed by atoms with van der Waals surface area (Å²) in [5.41, 5.74) is 0.190. The van der Waals surface area contributed by atoms with Crippen LogP contribution in [0.4, 0.5) is 0 Å². The number of benzene rings is 2. The van der Waals surface area contributed by atoms with Crippen molar-refractivity contribution in [1.29, 1.82) is 0 Å². The maximum atomic E-state index is 12.5. The van der Waals surface area contributed by atoms with Crippen molar-refractivity contribution >= 4 is 17.8 Å². The van der Waals surface area contributed by atoms with Gasteiger partial charge in [0.25, 0.3) is 5.91 Å². The topological polar surface area (TPSA) is 90.9 Å².